The van der Waals surface area contributed by atoms with Crippen LogP contribution in [0.5, 0.6) is 0 Å². The average molecular weight is 298 g/mol. The molecule has 0 spiro atoms. The van der Waals surface area contributed by atoms with Crippen LogP contribution in [-0.4, -0.2) is 61.7 Å². The maximum absolute atomic E-state index is 3.63. The zero-order valence-corrected chi connectivity index (χ0v) is 15.4. The second-order valence-corrected chi connectivity index (χ2v) is 7.22. The third kappa shape index (κ3) is 5.22. The van der Waals surface area contributed by atoms with Crippen molar-refractivity contribution < 1.29 is 0 Å². The van der Waals surface area contributed by atoms with Crippen molar-refractivity contribution in [3.05, 3.63) is 0 Å². The van der Waals surface area contributed by atoms with Crippen molar-refractivity contribution in [3.63, 3.8) is 0 Å². The molecule has 0 amide bonds. The normalized spacial score (nSPS) is 25.7. The van der Waals surface area contributed by atoms with Crippen molar-refractivity contribution in [2.45, 2.75) is 72.4 Å². The number of nitrogens with one attached hydrogen (secondary N) is 1. The molecule has 1 rings (SSSR count). The molecule has 0 heterocycles. The van der Waals surface area contributed by atoms with Crippen molar-refractivity contribution >= 4 is 0 Å². The van der Waals surface area contributed by atoms with Gasteiger partial charge >= 0.3 is 0 Å². The molecule has 0 saturated heterocycles. The van der Waals surface area contributed by atoms with E-state index in [1.54, 1.807) is 0 Å². The lowest BCUT2D eigenvalue weighted by molar-refractivity contribution is 0.0527. The van der Waals surface area contributed by atoms with Gasteiger partial charge < -0.3 is 10.2 Å². The summed E-state index contributed by atoms with van der Waals surface area (Å²) in [6.45, 7) is 17.7. The van der Waals surface area contributed by atoms with Crippen LogP contribution in [-0.2, 0) is 0 Å². The average Bonchev–Trinajstić information content (AvgIpc) is 2.46. The Balaban J connectivity index is 2.57. The van der Waals surface area contributed by atoms with Gasteiger partial charge in [0.25, 0.3) is 0 Å². The lowest BCUT2D eigenvalue weighted by Crippen LogP contribution is -2.58. The van der Waals surface area contributed by atoms with E-state index < -0.39 is 0 Å². The fourth-order valence-corrected chi connectivity index (χ4v) is 4.18. The van der Waals surface area contributed by atoms with E-state index in [0.717, 1.165) is 0 Å². The summed E-state index contributed by atoms with van der Waals surface area (Å²) in [6.07, 6.45) is 5.38. The first-order chi connectivity index (χ1) is 10.00. The number of rotatable bonds is 9. The quantitative estimate of drug-likeness (QED) is 0.705. The largest absolute Gasteiger partial charge is 0.315 e. The highest BCUT2D eigenvalue weighted by molar-refractivity contribution is 4.97. The van der Waals surface area contributed by atoms with Gasteiger partial charge in [0.05, 0.1) is 0 Å². The van der Waals surface area contributed by atoms with Gasteiger partial charge in [0.15, 0.2) is 0 Å². The van der Waals surface area contributed by atoms with Crippen LogP contribution in [0.1, 0.15) is 60.3 Å². The zero-order chi connectivity index (χ0) is 15.9. The molecule has 1 saturated carbocycles. The van der Waals surface area contributed by atoms with Gasteiger partial charge in [-0.1, -0.05) is 41.0 Å². The fourth-order valence-electron chi connectivity index (χ4n) is 4.18. The predicted octanol–water partition coefficient (Wildman–Crippen LogP) is 3.21. The summed E-state index contributed by atoms with van der Waals surface area (Å²) < 4.78 is 0. The number of nitrogens with zero attached hydrogens (tertiary/aromatic N) is 2. The highest BCUT2D eigenvalue weighted by atomic mass is 15.2. The van der Waals surface area contributed by atoms with Crippen LogP contribution < -0.4 is 5.32 Å². The van der Waals surface area contributed by atoms with Crippen molar-refractivity contribution in [2.24, 2.45) is 5.41 Å². The van der Waals surface area contributed by atoms with E-state index >= 15 is 0 Å². The maximum atomic E-state index is 3.63. The first-order valence-electron chi connectivity index (χ1n) is 9.13. The molecule has 0 aliphatic heterocycles. The van der Waals surface area contributed by atoms with Crippen LogP contribution >= 0.6 is 0 Å². The van der Waals surface area contributed by atoms with Crippen LogP contribution in [0.2, 0.25) is 0 Å². The van der Waals surface area contributed by atoms with Gasteiger partial charge in [0.2, 0.25) is 0 Å². The highest BCUT2D eigenvalue weighted by Crippen LogP contribution is 2.37. The minimum atomic E-state index is 0.421. The standard InChI is InChI=1S/C18H39N3/c1-7-20(8-2)14-11-15-21(9-3)16-12-10-13-18(4,5)17(16)19-6/h16-17,19H,7-15H2,1-6H3. The Morgan fingerprint density at radius 2 is 1.71 bits per heavy atom. The Morgan fingerprint density at radius 1 is 1.05 bits per heavy atom. The molecule has 126 valence electrons. The molecule has 21 heavy (non-hydrogen) atoms. The molecule has 0 radical (unpaired) electrons. The summed E-state index contributed by atoms with van der Waals surface area (Å²) in [5.41, 5.74) is 0.421. The molecule has 3 nitrogen and oxygen atoms in total. The predicted molar refractivity (Wildman–Crippen MR) is 93.9 cm³/mol. The minimum Gasteiger partial charge on any atom is -0.315 e. The van der Waals surface area contributed by atoms with Crippen LogP contribution in [0.4, 0.5) is 0 Å². The lowest BCUT2D eigenvalue weighted by Gasteiger charge is -2.48. The third-order valence-corrected chi connectivity index (χ3v) is 5.55. The molecule has 2 unspecified atom stereocenters. The van der Waals surface area contributed by atoms with Crippen LogP contribution in [0.3, 0.4) is 0 Å². The number of likely N-dealkylation sites (N-methyl/N-ethyl adjacent to an activating group) is 2. The summed E-state index contributed by atoms with van der Waals surface area (Å²) in [4.78, 5) is 5.26. The molecular weight excluding hydrogens is 258 g/mol. The van der Waals surface area contributed by atoms with Gasteiger partial charge in [-0.25, -0.2) is 0 Å². The summed E-state index contributed by atoms with van der Waals surface area (Å²) >= 11 is 0. The summed E-state index contributed by atoms with van der Waals surface area (Å²) in [7, 11) is 2.15. The topological polar surface area (TPSA) is 18.5 Å². The summed E-state index contributed by atoms with van der Waals surface area (Å²) in [5.74, 6) is 0. The molecule has 3 heteroatoms. The van der Waals surface area contributed by atoms with E-state index in [1.807, 2.05) is 0 Å². The van der Waals surface area contributed by atoms with Gasteiger partial charge in [0, 0.05) is 12.1 Å². The molecular formula is C18H39N3. The molecule has 0 aromatic rings. The van der Waals surface area contributed by atoms with Crippen molar-refractivity contribution in [3.8, 4) is 0 Å². The SMILES string of the molecule is CCN(CC)CCCN(CC)C1CCCC(C)(C)C1NC. The van der Waals surface area contributed by atoms with E-state index in [9.17, 15) is 0 Å². The van der Waals surface area contributed by atoms with E-state index in [4.69, 9.17) is 0 Å². The van der Waals surface area contributed by atoms with E-state index in [2.05, 4.69) is 56.8 Å². The molecule has 1 fully saturated rings. The molecule has 0 aromatic carbocycles. The van der Waals surface area contributed by atoms with Crippen molar-refractivity contribution in [2.75, 3.05) is 39.8 Å². The van der Waals surface area contributed by atoms with Crippen LogP contribution in [0.15, 0.2) is 0 Å². The Labute approximate surface area is 133 Å². The van der Waals surface area contributed by atoms with Gasteiger partial charge in [0.1, 0.15) is 0 Å². The first kappa shape index (κ1) is 18.9. The van der Waals surface area contributed by atoms with Gasteiger partial charge in [-0.2, -0.15) is 0 Å². The Morgan fingerprint density at radius 3 is 2.24 bits per heavy atom. The van der Waals surface area contributed by atoms with Gasteiger partial charge in [-0.15, -0.1) is 0 Å². The Bertz CT molecular complexity index is 274. The smallest absolute Gasteiger partial charge is 0.0271 e. The van der Waals surface area contributed by atoms with Crippen molar-refractivity contribution in [1.82, 2.24) is 15.1 Å². The zero-order valence-electron chi connectivity index (χ0n) is 15.4. The minimum absolute atomic E-state index is 0.421. The number of hydrogen-bond donors (Lipinski definition) is 1. The number of hydrogen-bond acceptors (Lipinski definition) is 3. The van der Waals surface area contributed by atoms with Crippen LogP contribution in [0, 0.1) is 5.41 Å². The van der Waals surface area contributed by atoms with E-state index in [0.29, 0.717) is 17.5 Å². The monoisotopic (exact) mass is 297 g/mol. The van der Waals surface area contributed by atoms with Crippen LogP contribution in [0.25, 0.3) is 0 Å². The van der Waals surface area contributed by atoms with Gasteiger partial charge in [-0.05, 0) is 64.4 Å². The lowest BCUT2D eigenvalue weighted by atomic mass is 9.70. The van der Waals surface area contributed by atoms with Crippen molar-refractivity contribution in [1.29, 1.82) is 0 Å². The molecule has 1 aliphatic rings. The van der Waals surface area contributed by atoms with E-state index in [-0.39, 0.29) is 0 Å². The summed E-state index contributed by atoms with van der Waals surface area (Å²) in [5, 5.41) is 3.63. The molecule has 1 N–H and O–H groups in total. The molecule has 1 aliphatic carbocycles. The highest BCUT2D eigenvalue weighted by Gasteiger charge is 2.39. The second-order valence-electron chi connectivity index (χ2n) is 7.22. The fraction of sp³-hybridized carbons (Fsp3) is 1.00. The molecule has 0 aromatic heterocycles. The second kappa shape index (κ2) is 9.12. The van der Waals surface area contributed by atoms with Gasteiger partial charge in [-0.3, -0.25) is 4.90 Å². The third-order valence-electron chi connectivity index (χ3n) is 5.55. The summed E-state index contributed by atoms with van der Waals surface area (Å²) in [6, 6.07) is 1.33. The maximum Gasteiger partial charge on any atom is 0.0271 e. The first-order valence-corrected chi connectivity index (χ1v) is 9.13. The Kier molecular flexibility index (Phi) is 8.22. The van der Waals surface area contributed by atoms with E-state index in [1.165, 1.54) is 58.4 Å². The Hall–Kier alpha value is -0.120. The molecule has 0 bridgehead atoms. The molecule has 2 atom stereocenters.